The largest absolute Gasteiger partial charge is 0.347 e. The summed E-state index contributed by atoms with van der Waals surface area (Å²) in [4.78, 5) is 0. The van der Waals surface area contributed by atoms with Crippen LogP contribution >= 0.6 is 23.5 Å². The number of hydrogen-bond acceptors (Lipinski definition) is 2. The summed E-state index contributed by atoms with van der Waals surface area (Å²) in [5.74, 6) is 0. The molecule has 1 aliphatic carbocycles. The Bertz CT molecular complexity index is 951. The van der Waals surface area contributed by atoms with Crippen molar-refractivity contribution in [3.8, 4) is 11.1 Å². The smallest absolute Gasteiger partial charge is 0.0490 e. The predicted molar refractivity (Wildman–Crippen MR) is 119 cm³/mol. The molecule has 4 heteroatoms. The van der Waals surface area contributed by atoms with E-state index in [4.69, 9.17) is 11.6 Å². The van der Waals surface area contributed by atoms with Crippen LogP contribution < -0.4 is 4.72 Å². The summed E-state index contributed by atoms with van der Waals surface area (Å²) in [6.07, 6.45) is 5.03. The second-order valence-corrected chi connectivity index (χ2v) is 10.3. The third kappa shape index (κ3) is 4.53. The molecule has 2 aromatic carbocycles. The average molecular weight is 399 g/mol. The van der Waals surface area contributed by atoms with Crippen molar-refractivity contribution >= 4 is 34.5 Å². The molecule has 0 radical (unpaired) electrons. The van der Waals surface area contributed by atoms with Gasteiger partial charge in [0.25, 0.3) is 0 Å². The Labute approximate surface area is 171 Å². The lowest BCUT2D eigenvalue weighted by atomic mass is 9.97. The van der Waals surface area contributed by atoms with Crippen molar-refractivity contribution < 1.29 is 0 Å². The first-order chi connectivity index (χ1) is 12.9. The van der Waals surface area contributed by atoms with E-state index in [2.05, 4.69) is 60.5 Å². The Morgan fingerprint density at radius 1 is 1.15 bits per heavy atom. The lowest BCUT2D eigenvalue weighted by molar-refractivity contribution is 0.349. The summed E-state index contributed by atoms with van der Waals surface area (Å²) in [5.41, 5.74) is 5.14. The SMILES string of the molecule is CC(C)(C)Cn1cc(CNSC2CC2)c2ccc(-c3ccccc3Cl)cc21. The Hall–Kier alpha value is -1.42. The van der Waals surface area contributed by atoms with Crippen molar-refractivity contribution in [3.05, 3.63) is 59.2 Å². The molecule has 2 nitrogen and oxygen atoms in total. The van der Waals surface area contributed by atoms with Gasteiger partial charge in [0.1, 0.15) is 0 Å². The number of benzene rings is 2. The number of nitrogens with one attached hydrogen (secondary N) is 1. The average Bonchev–Trinajstić information content (AvgIpc) is 3.38. The van der Waals surface area contributed by atoms with Gasteiger partial charge in [-0.25, -0.2) is 0 Å². The second-order valence-electron chi connectivity index (χ2n) is 8.69. The number of aromatic nitrogens is 1. The van der Waals surface area contributed by atoms with Crippen LogP contribution in [-0.2, 0) is 13.1 Å². The Morgan fingerprint density at radius 3 is 2.63 bits per heavy atom. The van der Waals surface area contributed by atoms with E-state index >= 15 is 0 Å². The minimum absolute atomic E-state index is 0.222. The molecule has 1 aliphatic rings. The summed E-state index contributed by atoms with van der Waals surface area (Å²) in [7, 11) is 0. The van der Waals surface area contributed by atoms with E-state index in [9.17, 15) is 0 Å². The number of rotatable bonds is 6. The van der Waals surface area contributed by atoms with Gasteiger partial charge < -0.3 is 4.57 Å². The fraction of sp³-hybridized carbons (Fsp3) is 0.391. The van der Waals surface area contributed by atoms with Gasteiger partial charge in [-0.15, -0.1) is 0 Å². The summed E-state index contributed by atoms with van der Waals surface area (Å²) >= 11 is 8.34. The van der Waals surface area contributed by atoms with Crippen LogP contribution in [0.4, 0.5) is 0 Å². The highest BCUT2D eigenvalue weighted by molar-refractivity contribution is 7.98. The van der Waals surface area contributed by atoms with Crippen LogP contribution in [0.3, 0.4) is 0 Å². The summed E-state index contributed by atoms with van der Waals surface area (Å²) in [6.45, 7) is 8.76. The standard InChI is InChI=1S/C23H27ClN2S/c1-23(2,3)15-26-14-17(13-25-27-18-9-10-18)20-11-8-16(12-22(20)26)19-6-4-5-7-21(19)24/h4-8,11-12,14,18,25H,9-10,13,15H2,1-3H3. The van der Waals surface area contributed by atoms with Crippen molar-refractivity contribution in [2.24, 2.45) is 5.41 Å². The van der Waals surface area contributed by atoms with Crippen LogP contribution in [0.2, 0.25) is 5.02 Å². The summed E-state index contributed by atoms with van der Waals surface area (Å²) in [6, 6.07) is 14.8. The van der Waals surface area contributed by atoms with Crippen LogP contribution in [0.25, 0.3) is 22.0 Å². The van der Waals surface area contributed by atoms with Gasteiger partial charge in [-0.1, -0.05) is 74.7 Å². The van der Waals surface area contributed by atoms with Crippen LogP contribution in [0.15, 0.2) is 48.7 Å². The quantitative estimate of drug-likeness (QED) is 0.454. The molecule has 3 aromatic rings. The molecule has 0 unspecified atom stereocenters. The summed E-state index contributed by atoms with van der Waals surface area (Å²) < 4.78 is 5.98. The van der Waals surface area contributed by atoms with Crippen molar-refractivity contribution in [2.45, 2.75) is 52.0 Å². The lowest BCUT2D eigenvalue weighted by Crippen LogP contribution is -2.14. The molecular weight excluding hydrogens is 372 g/mol. The van der Waals surface area contributed by atoms with Gasteiger partial charge in [0.2, 0.25) is 0 Å². The minimum atomic E-state index is 0.222. The number of hydrogen-bond donors (Lipinski definition) is 1. The number of fused-ring (bicyclic) bond motifs is 1. The third-order valence-corrected chi connectivity index (χ3v) is 6.28. The van der Waals surface area contributed by atoms with E-state index < -0.39 is 0 Å². The van der Waals surface area contributed by atoms with Crippen LogP contribution in [0.1, 0.15) is 39.2 Å². The molecule has 0 bridgehead atoms. The van der Waals surface area contributed by atoms with E-state index in [0.29, 0.717) is 0 Å². The highest BCUT2D eigenvalue weighted by atomic mass is 35.5. The van der Waals surface area contributed by atoms with Gasteiger partial charge in [-0.05, 0) is 41.5 Å². The predicted octanol–water partition coefficient (Wildman–Crippen LogP) is 6.91. The van der Waals surface area contributed by atoms with Gasteiger partial charge in [-0.3, -0.25) is 4.72 Å². The van der Waals surface area contributed by atoms with Gasteiger partial charge >= 0.3 is 0 Å². The maximum Gasteiger partial charge on any atom is 0.0490 e. The fourth-order valence-corrected chi connectivity index (χ4v) is 4.53. The molecule has 1 heterocycles. The summed E-state index contributed by atoms with van der Waals surface area (Å²) in [5, 5.41) is 2.95. The van der Waals surface area contributed by atoms with E-state index in [1.165, 1.54) is 34.9 Å². The zero-order valence-corrected chi connectivity index (χ0v) is 17.8. The van der Waals surface area contributed by atoms with E-state index in [1.54, 1.807) is 0 Å². The van der Waals surface area contributed by atoms with Crippen LogP contribution in [0, 0.1) is 5.41 Å². The molecule has 0 spiro atoms. The van der Waals surface area contributed by atoms with Gasteiger partial charge in [0, 0.05) is 46.0 Å². The second kappa shape index (κ2) is 7.54. The highest BCUT2D eigenvalue weighted by Gasteiger charge is 2.22. The number of nitrogens with zero attached hydrogens (tertiary/aromatic N) is 1. The molecular formula is C23H27ClN2S. The van der Waals surface area contributed by atoms with Crippen LogP contribution in [0.5, 0.6) is 0 Å². The van der Waals surface area contributed by atoms with Crippen molar-refractivity contribution in [1.82, 2.24) is 9.29 Å². The van der Waals surface area contributed by atoms with E-state index in [-0.39, 0.29) is 5.41 Å². The molecule has 0 aliphatic heterocycles. The zero-order valence-electron chi connectivity index (χ0n) is 16.3. The first-order valence-electron chi connectivity index (χ1n) is 9.66. The maximum atomic E-state index is 6.45. The molecule has 0 atom stereocenters. The van der Waals surface area contributed by atoms with Gasteiger partial charge in [-0.2, -0.15) is 0 Å². The maximum absolute atomic E-state index is 6.45. The van der Waals surface area contributed by atoms with E-state index in [1.807, 2.05) is 30.1 Å². The normalized spacial score (nSPS) is 14.8. The molecule has 4 rings (SSSR count). The zero-order chi connectivity index (χ0) is 19.0. The third-order valence-electron chi connectivity index (χ3n) is 4.83. The first kappa shape index (κ1) is 18.9. The molecule has 27 heavy (non-hydrogen) atoms. The fourth-order valence-electron chi connectivity index (χ4n) is 3.44. The number of halogens is 1. The topological polar surface area (TPSA) is 17.0 Å². The molecule has 0 amide bonds. The Kier molecular flexibility index (Phi) is 5.28. The lowest BCUT2D eigenvalue weighted by Gasteiger charge is -2.20. The molecule has 1 N–H and O–H groups in total. The molecule has 1 aromatic heterocycles. The monoisotopic (exact) mass is 398 g/mol. The van der Waals surface area contributed by atoms with Crippen molar-refractivity contribution in [3.63, 3.8) is 0 Å². The van der Waals surface area contributed by atoms with E-state index in [0.717, 1.165) is 28.9 Å². The Morgan fingerprint density at radius 2 is 1.93 bits per heavy atom. The van der Waals surface area contributed by atoms with Gasteiger partial charge in [0.15, 0.2) is 0 Å². The van der Waals surface area contributed by atoms with Crippen LogP contribution in [-0.4, -0.2) is 9.82 Å². The first-order valence-corrected chi connectivity index (χ1v) is 10.9. The Balaban J connectivity index is 1.72. The highest BCUT2D eigenvalue weighted by Crippen LogP contribution is 2.34. The van der Waals surface area contributed by atoms with Crippen molar-refractivity contribution in [1.29, 1.82) is 0 Å². The molecule has 1 fully saturated rings. The van der Waals surface area contributed by atoms with Gasteiger partial charge in [0.05, 0.1) is 0 Å². The molecule has 1 saturated carbocycles. The minimum Gasteiger partial charge on any atom is -0.347 e. The molecule has 0 saturated heterocycles. The van der Waals surface area contributed by atoms with Crippen molar-refractivity contribution in [2.75, 3.05) is 0 Å². The molecule has 142 valence electrons.